The molecule has 0 saturated heterocycles. The summed E-state index contributed by atoms with van der Waals surface area (Å²) in [6.07, 6.45) is -2.53. The zero-order valence-electron chi connectivity index (χ0n) is 14.2. The van der Waals surface area contributed by atoms with E-state index in [2.05, 4.69) is 15.3 Å². The lowest BCUT2D eigenvalue weighted by atomic mass is 10.0. The van der Waals surface area contributed by atoms with Crippen LogP contribution in [0.15, 0.2) is 5.10 Å². The smallest absolute Gasteiger partial charge is 0.305 e. The summed E-state index contributed by atoms with van der Waals surface area (Å²) in [5.41, 5.74) is 2.16. The number of carbonyl (C=O) groups excluding carboxylic acids is 2. The Morgan fingerprint density at radius 2 is 1.64 bits per heavy atom. The minimum Gasteiger partial charge on any atom is -0.469 e. The van der Waals surface area contributed by atoms with Crippen molar-refractivity contribution in [3.05, 3.63) is 0 Å². The van der Waals surface area contributed by atoms with Gasteiger partial charge in [0, 0.05) is 12.8 Å². The van der Waals surface area contributed by atoms with E-state index in [-0.39, 0.29) is 18.3 Å². The van der Waals surface area contributed by atoms with E-state index in [4.69, 9.17) is 10.2 Å². The first-order valence-electron chi connectivity index (χ1n) is 8.05. The number of aliphatic hydroxyl groups is 5. The first-order chi connectivity index (χ1) is 11.8. The van der Waals surface area contributed by atoms with Crippen molar-refractivity contribution in [3.8, 4) is 0 Å². The average Bonchev–Trinajstić information content (AvgIpc) is 2.61. The van der Waals surface area contributed by atoms with Gasteiger partial charge in [-0.3, -0.25) is 9.59 Å². The van der Waals surface area contributed by atoms with Gasteiger partial charge in [-0.25, -0.2) is 5.43 Å². The molecule has 0 radical (unpaired) electrons. The van der Waals surface area contributed by atoms with Gasteiger partial charge in [-0.1, -0.05) is 12.8 Å². The van der Waals surface area contributed by atoms with Crippen LogP contribution in [-0.4, -0.2) is 81.8 Å². The SMILES string of the molecule is COC(=O)CCCCCCC(=O)N/N=C/[C@H](O)[C@@H](O)[C@@H](O)[C@H](O)CO. The molecule has 0 fully saturated rings. The predicted octanol–water partition coefficient (Wildman–Crippen LogP) is -1.96. The molecule has 0 aliphatic carbocycles. The highest BCUT2D eigenvalue weighted by atomic mass is 16.5. The van der Waals surface area contributed by atoms with E-state index in [9.17, 15) is 24.9 Å². The quantitative estimate of drug-likeness (QED) is 0.0947. The van der Waals surface area contributed by atoms with Gasteiger partial charge in [-0.2, -0.15) is 5.10 Å². The van der Waals surface area contributed by atoms with Crippen LogP contribution in [0.1, 0.15) is 38.5 Å². The van der Waals surface area contributed by atoms with Gasteiger partial charge in [0.05, 0.1) is 19.9 Å². The fraction of sp³-hybridized carbons (Fsp3) is 0.800. The monoisotopic (exact) mass is 364 g/mol. The number of methoxy groups -OCH3 is 1. The molecule has 0 unspecified atom stereocenters. The molecule has 0 bridgehead atoms. The Balaban J connectivity index is 3.89. The van der Waals surface area contributed by atoms with Crippen LogP contribution in [0.25, 0.3) is 0 Å². The van der Waals surface area contributed by atoms with Crippen LogP contribution in [0, 0.1) is 0 Å². The van der Waals surface area contributed by atoms with E-state index < -0.39 is 31.0 Å². The summed E-state index contributed by atoms with van der Waals surface area (Å²) in [6, 6.07) is 0. The van der Waals surface area contributed by atoms with Crippen LogP contribution in [0.2, 0.25) is 0 Å². The molecule has 0 aromatic rings. The minimum atomic E-state index is -1.77. The summed E-state index contributed by atoms with van der Waals surface area (Å²) in [4.78, 5) is 22.4. The summed E-state index contributed by atoms with van der Waals surface area (Å²) in [5.74, 6) is -0.647. The molecular weight excluding hydrogens is 336 g/mol. The fourth-order valence-corrected chi connectivity index (χ4v) is 1.88. The number of nitrogens with one attached hydrogen (secondary N) is 1. The topological polar surface area (TPSA) is 169 Å². The van der Waals surface area contributed by atoms with Crippen LogP contribution in [0.4, 0.5) is 0 Å². The molecule has 25 heavy (non-hydrogen) atoms. The summed E-state index contributed by atoms with van der Waals surface area (Å²) < 4.78 is 4.51. The maximum absolute atomic E-state index is 11.5. The van der Waals surface area contributed by atoms with Gasteiger partial charge >= 0.3 is 5.97 Å². The summed E-state index contributed by atoms with van der Waals surface area (Å²) in [7, 11) is 1.33. The Kier molecular flexibility index (Phi) is 12.8. The molecule has 0 aliphatic heterocycles. The molecule has 0 spiro atoms. The molecule has 10 nitrogen and oxygen atoms in total. The normalized spacial score (nSPS) is 16.2. The van der Waals surface area contributed by atoms with E-state index in [1.54, 1.807) is 0 Å². The standard InChI is InChI=1S/C15H28N2O8/c1-25-13(22)7-5-3-2-4-6-12(21)17-16-8-10(19)14(23)15(24)11(20)9-18/h8,10-11,14-15,18-20,23-24H,2-7,9H2,1H3,(H,17,21)/b16-8+/t10-,11+,14+,15-/m0/s1. The first kappa shape index (κ1) is 23.4. The van der Waals surface area contributed by atoms with Crippen molar-refractivity contribution in [2.24, 2.45) is 5.10 Å². The van der Waals surface area contributed by atoms with E-state index in [1.807, 2.05) is 0 Å². The maximum atomic E-state index is 11.5. The highest BCUT2D eigenvalue weighted by Gasteiger charge is 2.29. The third-order valence-electron chi connectivity index (χ3n) is 3.46. The van der Waals surface area contributed by atoms with Crippen molar-refractivity contribution in [1.29, 1.82) is 0 Å². The Labute approximate surface area is 146 Å². The fourth-order valence-electron chi connectivity index (χ4n) is 1.88. The van der Waals surface area contributed by atoms with Crippen molar-refractivity contribution in [3.63, 3.8) is 0 Å². The zero-order chi connectivity index (χ0) is 19.2. The maximum Gasteiger partial charge on any atom is 0.305 e. The number of amides is 1. The molecule has 0 aromatic carbocycles. The van der Waals surface area contributed by atoms with Crippen molar-refractivity contribution in [2.45, 2.75) is 62.9 Å². The number of hydrogen-bond donors (Lipinski definition) is 6. The number of hydrazone groups is 1. The van der Waals surface area contributed by atoms with Crippen LogP contribution >= 0.6 is 0 Å². The number of hydrogen-bond acceptors (Lipinski definition) is 9. The largest absolute Gasteiger partial charge is 0.469 e. The minimum absolute atomic E-state index is 0.208. The molecule has 10 heteroatoms. The number of carbonyl (C=O) groups is 2. The van der Waals surface area contributed by atoms with E-state index in [0.717, 1.165) is 19.1 Å². The second-order valence-corrected chi connectivity index (χ2v) is 5.53. The number of rotatable bonds is 13. The second-order valence-electron chi connectivity index (χ2n) is 5.53. The van der Waals surface area contributed by atoms with Crippen LogP contribution < -0.4 is 5.43 Å². The molecule has 0 rings (SSSR count). The molecule has 6 N–H and O–H groups in total. The zero-order valence-corrected chi connectivity index (χ0v) is 14.2. The third-order valence-corrected chi connectivity index (χ3v) is 3.46. The summed E-state index contributed by atoms with van der Waals surface area (Å²) in [6.45, 7) is -0.779. The number of ether oxygens (including phenoxy) is 1. The van der Waals surface area contributed by atoms with Gasteiger partial charge < -0.3 is 30.3 Å². The lowest BCUT2D eigenvalue weighted by Crippen LogP contribution is -2.46. The van der Waals surface area contributed by atoms with Gasteiger partial charge in [-0.05, 0) is 12.8 Å². The van der Waals surface area contributed by atoms with E-state index in [0.29, 0.717) is 19.3 Å². The first-order valence-corrected chi connectivity index (χ1v) is 8.05. The number of unbranched alkanes of at least 4 members (excludes halogenated alkanes) is 3. The number of aliphatic hydroxyl groups excluding tert-OH is 5. The molecule has 0 saturated carbocycles. The predicted molar refractivity (Wildman–Crippen MR) is 87.5 cm³/mol. The molecule has 0 aromatic heterocycles. The van der Waals surface area contributed by atoms with Crippen LogP contribution in [0.5, 0.6) is 0 Å². The van der Waals surface area contributed by atoms with Crippen molar-refractivity contribution in [1.82, 2.24) is 5.43 Å². The molecule has 0 heterocycles. The van der Waals surface area contributed by atoms with Crippen LogP contribution in [0.3, 0.4) is 0 Å². The molecule has 4 atom stereocenters. The highest BCUT2D eigenvalue weighted by Crippen LogP contribution is 2.06. The van der Waals surface area contributed by atoms with Crippen molar-refractivity contribution >= 4 is 18.1 Å². The Hall–Kier alpha value is -1.59. The Morgan fingerprint density at radius 1 is 1.04 bits per heavy atom. The van der Waals surface area contributed by atoms with Gasteiger partial charge in [0.15, 0.2) is 0 Å². The third kappa shape index (κ3) is 10.8. The van der Waals surface area contributed by atoms with Gasteiger partial charge in [0.1, 0.15) is 24.4 Å². The average molecular weight is 364 g/mol. The molecular formula is C15H28N2O8. The van der Waals surface area contributed by atoms with Gasteiger partial charge in [0.2, 0.25) is 5.91 Å². The molecule has 0 aliphatic rings. The summed E-state index contributed by atoms with van der Waals surface area (Å²) in [5, 5.41) is 49.7. The van der Waals surface area contributed by atoms with Gasteiger partial charge in [0.25, 0.3) is 0 Å². The van der Waals surface area contributed by atoms with Crippen molar-refractivity contribution in [2.75, 3.05) is 13.7 Å². The lowest BCUT2D eigenvalue weighted by Gasteiger charge is -2.23. The Morgan fingerprint density at radius 3 is 2.20 bits per heavy atom. The van der Waals surface area contributed by atoms with Crippen molar-refractivity contribution < 1.29 is 39.9 Å². The van der Waals surface area contributed by atoms with Gasteiger partial charge in [-0.15, -0.1) is 0 Å². The number of nitrogens with zero attached hydrogens (tertiary/aromatic N) is 1. The van der Waals surface area contributed by atoms with Crippen LogP contribution in [-0.2, 0) is 14.3 Å². The van der Waals surface area contributed by atoms with E-state index >= 15 is 0 Å². The Bertz CT molecular complexity index is 418. The highest BCUT2D eigenvalue weighted by molar-refractivity contribution is 5.77. The summed E-state index contributed by atoms with van der Waals surface area (Å²) >= 11 is 0. The molecule has 1 amide bonds. The second kappa shape index (κ2) is 13.7. The van der Waals surface area contributed by atoms with E-state index in [1.165, 1.54) is 7.11 Å². The number of esters is 1. The lowest BCUT2D eigenvalue weighted by molar-refractivity contribution is -0.140. The molecule has 146 valence electrons.